The highest BCUT2D eigenvalue weighted by molar-refractivity contribution is 5.61. The number of nitrogens with zero attached hydrogens (tertiary/aromatic N) is 2. The Balaban J connectivity index is 2.29. The van der Waals surface area contributed by atoms with Crippen LogP contribution in [0.3, 0.4) is 0 Å². The summed E-state index contributed by atoms with van der Waals surface area (Å²) in [5, 5.41) is 10.1. The number of hydrogen-bond donors (Lipinski definition) is 1. The van der Waals surface area contributed by atoms with Gasteiger partial charge in [0.05, 0.1) is 30.2 Å². The molecule has 0 saturated carbocycles. The molecule has 2 aromatic rings. The molecular formula is C17H21F3N2O. The second kappa shape index (κ2) is 6.00. The van der Waals surface area contributed by atoms with Gasteiger partial charge < -0.3 is 9.67 Å². The van der Waals surface area contributed by atoms with E-state index in [2.05, 4.69) is 4.98 Å². The maximum atomic E-state index is 12.9. The van der Waals surface area contributed by atoms with Crippen molar-refractivity contribution in [3.05, 3.63) is 41.9 Å². The molecule has 0 aliphatic carbocycles. The van der Waals surface area contributed by atoms with E-state index in [1.54, 1.807) is 23.8 Å². The van der Waals surface area contributed by atoms with E-state index in [9.17, 15) is 18.3 Å². The number of alkyl halides is 3. The summed E-state index contributed by atoms with van der Waals surface area (Å²) >= 11 is 0. The van der Waals surface area contributed by atoms with Gasteiger partial charge in [-0.05, 0) is 36.1 Å². The Morgan fingerprint density at radius 2 is 1.83 bits per heavy atom. The van der Waals surface area contributed by atoms with Gasteiger partial charge >= 0.3 is 6.18 Å². The fourth-order valence-corrected chi connectivity index (χ4v) is 2.18. The molecule has 1 aromatic carbocycles. The van der Waals surface area contributed by atoms with E-state index < -0.39 is 17.8 Å². The number of halogens is 3. The minimum atomic E-state index is -4.38. The molecule has 3 nitrogen and oxygen atoms in total. The molecule has 0 amide bonds. The van der Waals surface area contributed by atoms with Crippen molar-refractivity contribution in [1.82, 2.24) is 9.55 Å². The van der Waals surface area contributed by atoms with E-state index in [1.165, 1.54) is 6.33 Å². The zero-order chi connectivity index (χ0) is 17.4. The number of hydrogen-bond acceptors (Lipinski definition) is 2. The van der Waals surface area contributed by atoms with Gasteiger partial charge in [0.2, 0.25) is 0 Å². The van der Waals surface area contributed by atoms with Crippen LogP contribution >= 0.6 is 0 Å². The summed E-state index contributed by atoms with van der Waals surface area (Å²) in [7, 11) is 0. The second-order valence-corrected chi connectivity index (χ2v) is 6.92. The predicted octanol–water partition coefficient (Wildman–Crippen LogP) is 4.28. The van der Waals surface area contributed by atoms with Crippen molar-refractivity contribution in [2.45, 2.75) is 46.5 Å². The maximum absolute atomic E-state index is 12.9. The number of aromatic nitrogens is 2. The molecule has 23 heavy (non-hydrogen) atoms. The highest BCUT2D eigenvalue weighted by Crippen LogP contribution is 2.33. The van der Waals surface area contributed by atoms with Crippen molar-refractivity contribution in [2.24, 2.45) is 5.41 Å². The standard InChI is InChI=1S/C17H21F3N2O/c1-11-5-12(7-13(6-11)17(18,19)20)14-8-22(10-21-14)9-15(23)16(2,3)4/h5-8,10,15,23H,9H2,1-4H3/t15-/m1/s1. The van der Waals surface area contributed by atoms with E-state index in [0.717, 1.165) is 12.1 Å². The van der Waals surface area contributed by atoms with Gasteiger partial charge in [-0.1, -0.05) is 20.8 Å². The molecule has 6 heteroatoms. The van der Waals surface area contributed by atoms with Gasteiger partial charge in [-0.2, -0.15) is 13.2 Å². The number of benzene rings is 1. The average Bonchev–Trinajstić information content (AvgIpc) is 2.84. The molecule has 126 valence electrons. The summed E-state index contributed by atoms with van der Waals surface area (Å²) in [6.45, 7) is 7.73. The van der Waals surface area contributed by atoms with Crippen LogP contribution in [-0.2, 0) is 12.7 Å². The van der Waals surface area contributed by atoms with Crippen molar-refractivity contribution in [2.75, 3.05) is 0 Å². The predicted molar refractivity (Wildman–Crippen MR) is 82.9 cm³/mol. The van der Waals surface area contributed by atoms with Crippen LogP contribution in [0.2, 0.25) is 0 Å². The van der Waals surface area contributed by atoms with E-state index >= 15 is 0 Å². The molecule has 1 aromatic heterocycles. The lowest BCUT2D eigenvalue weighted by atomic mass is 9.89. The molecule has 0 aliphatic rings. The van der Waals surface area contributed by atoms with E-state index in [1.807, 2.05) is 20.8 Å². The zero-order valence-electron chi connectivity index (χ0n) is 13.6. The van der Waals surface area contributed by atoms with E-state index in [0.29, 0.717) is 23.4 Å². The molecule has 2 rings (SSSR count). The average molecular weight is 326 g/mol. The second-order valence-electron chi connectivity index (χ2n) is 6.92. The molecule has 1 heterocycles. The lowest BCUT2D eigenvalue weighted by Crippen LogP contribution is -2.30. The van der Waals surface area contributed by atoms with Gasteiger partial charge in [-0.15, -0.1) is 0 Å². The third kappa shape index (κ3) is 4.34. The van der Waals surface area contributed by atoms with E-state index in [4.69, 9.17) is 0 Å². The zero-order valence-corrected chi connectivity index (χ0v) is 13.6. The highest BCUT2D eigenvalue weighted by atomic mass is 19.4. The summed E-state index contributed by atoms with van der Waals surface area (Å²) in [5.74, 6) is 0. The Hall–Kier alpha value is -1.82. The van der Waals surface area contributed by atoms with Crippen molar-refractivity contribution >= 4 is 0 Å². The Morgan fingerprint density at radius 1 is 1.17 bits per heavy atom. The minimum absolute atomic E-state index is 0.281. The third-order valence-electron chi connectivity index (χ3n) is 3.72. The molecule has 0 spiro atoms. The number of imidazole rings is 1. The fraction of sp³-hybridized carbons (Fsp3) is 0.471. The number of aliphatic hydroxyl groups excluding tert-OH is 1. The van der Waals surface area contributed by atoms with Crippen LogP contribution in [0.25, 0.3) is 11.3 Å². The Kier molecular flexibility index (Phi) is 4.57. The SMILES string of the molecule is Cc1cc(-c2cn(C[C@@H](O)C(C)(C)C)cn2)cc(C(F)(F)F)c1. The molecular weight excluding hydrogens is 305 g/mol. The van der Waals surface area contributed by atoms with Crippen molar-refractivity contribution in [3.63, 3.8) is 0 Å². The number of rotatable bonds is 3. The maximum Gasteiger partial charge on any atom is 0.416 e. The quantitative estimate of drug-likeness (QED) is 0.914. The Labute approximate surface area is 133 Å². The number of aliphatic hydroxyl groups is 1. The first kappa shape index (κ1) is 17.5. The summed E-state index contributed by atoms with van der Waals surface area (Å²) in [5.41, 5.74) is 0.439. The molecule has 0 saturated heterocycles. The molecule has 1 atom stereocenters. The Morgan fingerprint density at radius 3 is 2.39 bits per heavy atom. The van der Waals surface area contributed by atoms with Crippen LogP contribution in [0, 0.1) is 12.3 Å². The van der Waals surface area contributed by atoms with Crippen molar-refractivity contribution in [1.29, 1.82) is 0 Å². The summed E-state index contributed by atoms with van der Waals surface area (Å²) < 4.78 is 40.4. The van der Waals surface area contributed by atoms with Gasteiger partial charge in [0.1, 0.15) is 0 Å². The molecule has 0 radical (unpaired) electrons. The van der Waals surface area contributed by atoms with Crippen LogP contribution in [0.15, 0.2) is 30.7 Å². The molecule has 0 bridgehead atoms. The first-order chi connectivity index (χ1) is 10.5. The first-order valence-electron chi connectivity index (χ1n) is 7.36. The first-order valence-corrected chi connectivity index (χ1v) is 7.36. The van der Waals surface area contributed by atoms with Crippen LogP contribution < -0.4 is 0 Å². The monoisotopic (exact) mass is 326 g/mol. The van der Waals surface area contributed by atoms with Crippen molar-refractivity contribution in [3.8, 4) is 11.3 Å². The normalized spacial score (nSPS) is 14.1. The van der Waals surface area contributed by atoms with Crippen LogP contribution in [0.4, 0.5) is 13.2 Å². The lowest BCUT2D eigenvalue weighted by Gasteiger charge is -2.25. The van der Waals surface area contributed by atoms with Gasteiger partial charge in [0.25, 0.3) is 0 Å². The highest BCUT2D eigenvalue weighted by Gasteiger charge is 2.31. The third-order valence-corrected chi connectivity index (χ3v) is 3.72. The Bertz CT molecular complexity index is 684. The van der Waals surface area contributed by atoms with Crippen molar-refractivity contribution < 1.29 is 18.3 Å². The van der Waals surface area contributed by atoms with Gasteiger partial charge in [-0.25, -0.2) is 4.98 Å². The summed E-state index contributed by atoms with van der Waals surface area (Å²) in [4.78, 5) is 4.17. The fourth-order valence-electron chi connectivity index (χ4n) is 2.18. The minimum Gasteiger partial charge on any atom is -0.391 e. The largest absolute Gasteiger partial charge is 0.416 e. The van der Waals surface area contributed by atoms with Gasteiger partial charge in [0, 0.05) is 11.8 Å². The molecule has 0 aliphatic heterocycles. The lowest BCUT2D eigenvalue weighted by molar-refractivity contribution is -0.137. The van der Waals surface area contributed by atoms with Gasteiger partial charge in [-0.3, -0.25) is 0 Å². The summed E-state index contributed by atoms with van der Waals surface area (Å²) in [6, 6.07) is 3.88. The van der Waals surface area contributed by atoms with Crippen LogP contribution in [-0.4, -0.2) is 20.8 Å². The summed E-state index contributed by atoms with van der Waals surface area (Å²) in [6.07, 6.45) is -1.77. The molecule has 0 unspecified atom stereocenters. The molecule has 0 fully saturated rings. The smallest absolute Gasteiger partial charge is 0.391 e. The van der Waals surface area contributed by atoms with Gasteiger partial charge in [0.15, 0.2) is 0 Å². The van der Waals surface area contributed by atoms with Crippen LogP contribution in [0.1, 0.15) is 31.9 Å². The van der Waals surface area contributed by atoms with Crippen LogP contribution in [0.5, 0.6) is 0 Å². The van der Waals surface area contributed by atoms with E-state index in [-0.39, 0.29) is 5.41 Å². The topological polar surface area (TPSA) is 38.0 Å². The molecule has 1 N–H and O–H groups in total. The number of aryl methyl sites for hydroxylation is 1.